The van der Waals surface area contributed by atoms with E-state index in [4.69, 9.17) is 0 Å². The number of aromatic nitrogens is 2. The van der Waals surface area contributed by atoms with E-state index in [9.17, 15) is 14.4 Å². The van der Waals surface area contributed by atoms with Crippen molar-refractivity contribution in [2.24, 2.45) is 0 Å². The van der Waals surface area contributed by atoms with Crippen molar-refractivity contribution in [3.63, 3.8) is 0 Å². The molecule has 6 rings (SSSR count). The number of anilines is 2. The predicted octanol–water partition coefficient (Wildman–Crippen LogP) is 5.19. The van der Waals surface area contributed by atoms with E-state index in [1.165, 1.54) is 0 Å². The molecule has 1 atom stereocenters. The van der Waals surface area contributed by atoms with Gasteiger partial charge in [-0.3, -0.25) is 19.3 Å². The Balaban J connectivity index is 1.09. The summed E-state index contributed by atoms with van der Waals surface area (Å²) in [5, 5.41) is 2.95. The summed E-state index contributed by atoms with van der Waals surface area (Å²) in [5.41, 5.74) is 5.21. The number of unbranched alkanes of at least 4 members (excludes halogenated alkanes) is 2. The Kier molecular flexibility index (Phi) is 5.71. The minimum atomic E-state index is -0.435. The van der Waals surface area contributed by atoms with Gasteiger partial charge in [0.1, 0.15) is 12.0 Å². The van der Waals surface area contributed by atoms with Gasteiger partial charge >= 0.3 is 0 Å². The van der Waals surface area contributed by atoms with Gasteiger partial charge in [0, 0.05) is 29.8 Å². The molecule has 1 aromatic heterocycles. The molecule has 186 valence electrons. The standard InChI is InChI=1S/C29H27N5O3/c1-18-30-23-15-14-19(17-24(23)31-18)32-26(35)13-3-2-8-16-33-27-20-9-4-5-10-21(20)29(37)34(27)25-12-7-6-11-22(25)28(33)36/h4-7,9-12,14-15,17,27H,2-3,8,13,16H2,1H3,(H,30,31)(H,32,35)/t27-/m0/s1. The maximum absolute atomic E-state index is 13.5. The van der Waals surface area contributed by atoms with Crippen LogP contribution in [-0.4, -0.2) is 39.1 Å². The van der Waals surface area contributed by atoms with E-state index in [2.05, 4.69) is 15.3 Å². The molecule has 0 spiro atoms. The normalized spacial score (nSPS) is 16.1. The number of carbonyl (C=O) groups excluding carboxylic acids is 3. The molecule has 2 aliphatic rings. The van der Waals surface area contributed by atoms with Crippen LogP contribution in [0.5, 0.6) is 0 Å². The van der Waals surface area contributed by atoms with Crippen LogP contribution in [0, 0.1) is 6.92 Å². The Morgan fingerprint density at radius 2 is 1.73 bits per heavy atom. The van der Waals surface area contributed by atoms with Crippen LogP contribution in [0.2, 0.25) is 0 Å². The zero-order valence-electron chi connectivity index (χ0n) is 20.5. The number of aryl methyl sites for hydroxylation is 1. The Labute approximate surface area is 214 Å². The summed E-state index contributed by atoms with van der Waals surface area (Å²) in [4.78, 5) is 50.3. The number of hydrogen-bond donors (Lipinski definition) is 2. The van der Waals surface area contributed by atoms with Crippen molar-refractivity contribution >= 4 is 40.1 Å². The number of hydrogen-bond acceptors (Lipinski definition) is 4. The summed E-state index contributed by atoms with van der Waals surface area (Å²) in [5.74, 6) is 0.650. The third kappa shape index (κ3) is 4.04. The van der Waals surface area contributed by atoms with E-state index in [1.54, 1.807) is 15.9 Å². The molecule has 0 saturated carbocycles. The van der Waals surface area contributed by atoms with Crippen molar-refractivity contribution in [1.82, 2.24) is 14.9 Å². The highest BCUT2D eigenvalue weighted by Gasteiger charge is 2.47. The van der Waals surface area contributed by atoms with E-state index in [0.29, 0.717) is 36.2 Å². The van der Waals surface area contributed by atoms with Crippen molar-refractivity contribution < 1.29 is 14.4 Å². The van der Waals surface area contributed by atoms with Crippen LogP contribution < -0.4 is 10.2 Å². The van der Waals surface area contributed by atoms with E-state index >= 15 is 0 Å². The lowest BCUT2D eigenvalue weighted by Crippen LogP contribution is -2.48. The number of nitrogens with zero attached hydrogens (tertiary/aromatic N) is 3. The summed E-state index contributed by atoms with van der Waals surface area (Å²) in [7, 11) is 0. The van der Waals surface area contributed by atoms with Crippen LogP contribution in [0.25, 0.3) is 11.0 Å². The first-order valence-corrected chi connectivity index (χ1v) is 12.6. The number of H-pyrrole nitrogens is 1. The average molecular weight is 494 g/mol. The largest absolute Gasteiger partial charge is 0.342 e. The Morgan fingerprint density at radius 3 is 2.59 bits per heavy atom. The zero-order valence-corrected chi connectivity index (χ0v) is 20.5. The van der Waals surface area contributed by atoms with Crippen LogP contribution in [0.3, 0.4) is 0 Å². The first kappa shape index (κ1) is 23.0. The molecule has 0 fully saturated rings. The van der Waals surface area contributed by atoms with Gasteiger partial charge < -0.3 is 15.2 Å². The molecule has 3 amide bonds. The second-order valence-electron chi connectivity index (χ2n) is 9.56. The summed E-state index contributed by atoms with van der Waals surface area (Å²) < 4.78 is 0. The van der Waals surface area contributed by atoms with Gasteiger partial charge in [0.05, 0.1) is 22.3 Å². The van der Waals surface area contributed by atoms with E-state index in [-0.39, 0.29) is 17.7 Å². The molecule has 0 radical (unpaired) electrons. The number of benzene rings is 3. The summed E-state index contributed by atoms with van der Waals surface area (Å²) in [6.45, 7) is 2.41. The highest BCUT2D eigenvalue weighted by molar-refractivity contribution is 6.16. The van der Waals surface area contributed by atoms with E-state index < -0.39 is 6.17 Å². The molecule has 0 bridgehead atoms. The monoisotopic (exact) mass is 493 g/mol. The van der Waals surface area contributed by atoms with Crippen LogP contribution in [0.1, 0.15) is 64.0 Å². The van der Waals surface area contributed by atoms with E-state index in [1.807, 2.05) is 67.6 Å². The molecule has 2 aliphatic heterocycles. The van der Waals surface area contributed by atoms with E-state index in [0.717, 1.165) is 41.0 Å². The molecule has 8 heteroatoms. The third-order valence-corrected chi connectivity index (χ3v) is 7.07. The van der Waals surface area contributed by atoms with Crippen LogP contribution in [-0.2, 0) is 4.79 Å². The number of para-hydroxylation sites is 1. The first-order valence-electron chi connectivity index (χ1n) is 12.6. The minimum Gasteiger partial charge on any atom is -0.342 e. The Morgan fingerprint density at radius 1 is 0.946 bits per heavy atom. The maximum Gasteiger partial charge on any atom is 0.260 e. The summed E-state index contributed by atoms with van der Waals surface area (Å²) >= 11 is 0. The van der Waals surface area contributed by atoms with Gasteiger partial charge in [0.2, 0.25) is 5.91 Å². The average Bonchev–Trinajstić information content (AvgIpc) is 3.42. The Hall–Kier alpha value is -4.46. The quantitative estimate of drug-likeness (QED) is 0.346. The van der Waals surface area contributed by atoms with Gasteiger partial charge in [-0.05, 0) is 56.2 Å². The maximum atomic E-state index is 13.5. The minimum absolute atomic E-state index is 0.0416. The lowest BCUT2D eigenvalue weighted by molar-refractivity contribution is -0.116. The fraction of sp³-hybridized carbons (Fsp3) is 0.241. The highest BCUT2D eigenvalue weighted by Crippen LogP contribution is 2.45. The molecule has 2 N–H and O–H groups in total. The second kappa shape index (κ2) is 9.20. The van der Waals surface area contributed by atoms with Gasteiger partial charge in [-0.1, -0.05) is 36.8 Å². The lowest BCUT2D eigenvalue weighted by atomic mass is 10.0. The number of fused-ring (bicyclic) bond motifs is 6. The van der Waals surface area contributed by atoms with Crippen molar-refractivity contribution in [2.45, 2.75) is 38.8 Å². The molecule has 37 heavy (non-hydrogen) atoms. The van der Waals surface area contributed by atoms with Crippen molar-refractivity contribution in [1.29, 1.82) is 0 Å². The second-order valence-corrected chi connectivity index (χ2v) is 9.56. The zero-order chi connectivity index (χ0) is 25.5. The number of amides is 3. The van der Waals surface area contributed by atoms with Crippen molar-refractivity contribution in [3.8, 4) is 0 Å². The molecular weight excluding hydrogens is 466 g/mol. The highest BCUT2D eigenvalue weighted by atomic mass is 16.2. The summed E-state index contributed by atoms with van der Waals surface area (Å²) in [6.07, 6.45) is 2.20. The number of aromatic amines is 1. The van der Waals surface area contributed by atoms with Gasteiger partial charge in [-0.2, -0.15) is 0 Å². The van der Waals surface area contributed by atoms with Crippen molar-refractivity contribution in [2.75, 3.05) is 16.8 Å². The molecule has 3 heterocycles. The topological polar surface area (TPSA) is 98.4 Å². The number of rotatable bonds is 7. The molecule has 8 nitrogen and oxygen atoms in total. The fourth-order valence-corrected chi connectivity index (χ4v) is 5.38. The summed E-state index contributed by atoms with van der Waals surface area (Å²) in [6, 6.07) is 20.4. The molecule has 4 aromatic rings. The SMILES string of the molecule is Cc1nc2ccc(NC(=O)CCCCCN3C(=O)c4ccccc4N4C(=O)c5ccccc5[C@@H]34)cc2[nH]1. The fourth-order valence-electron chi connectivity index (χ4n) is 5.38. The molecule has 0 unspecified atom stereocenters. The predicted molar refractivity (Wildman–Crippen MR) is 141 cm³/mol. The number of carbonyl (C=O) groups is 3. The smallest absolute Gasteiger partial charge is 0.260 e. The van der Waals surface area contributed by atoms with Crippen LogP contribution >= 0.6 is 0 Å². The molecular formula is C29H27N5O3. The van der Waals surface area contributed by atoms with Crippen LogP contribution in [0.4, 0.5) is 11.4 Å². The number of imidazole rings is 1. The third-order valence-electron chi connectivity index (χ3n) is 7.07. The van der Waals surface area contributed by atoms with Gasteiger partial charge in [-0.15, -0.1) is 0 Å². The molecule has 3 aromatic carbocycles. The lowest BCUT2D eigenvalue weighted by Gasteiger charge is -2.41. The van der Waals surface area contributed by atoms with Crippen LogP contribution in [0.15, 0.2) is 66.7 Å². The first-order chi connectivity index (χ1) is 18.0. The van der Waals surface area contributed by atoms with Crippen molar-refractivity contribution in [3.05, 3.63) is 89.2 Å². The van der Waals surface area contributed by atoms with Gasteiger partial charge in [-0.25, -0.2) is 4.98 Å². The molecule has 0 aliphatic carbocycles. The number of nitrogens with one attached hydrogen (secondary N) is 2. The molecule has 0 saturated heterocycles. The van der Waals surface area contributed by atoms with Gasteiger partial charge in [0.15, 0.2) is 0 Å². The van der Waals surface area contributed by atoms with Gasteiger partial charge in [0.25, 0.3) is 11.8 Å². The Bertz CT molecular complexity index is 1540.